The van der Waals surface area contributed by atoms with Crippen molar-refractivity contribution >= 4 is 46.9 Å². The molecule has 2 N–H and O–H groups in total. The van der Waals surface area contributed by atoms with E-state index >= 15 is 0 Å². The fraction of sp³-hybridized carbons (Fsp3) is 0.500. The van der Waals surface area contributed by atoms with Crippen LogP contribution in [0.15, 0.2) is 34.1 Å². The molecule has 2 aromatic rings. The second kappa shape index (κ2) is 9.26. The summed E-state index contributed by atoms with van der Waals surface area (Å²) in [5.41, 5.74) is 0.898. The van der Waals surface area contributed by atoms with Crippen LogP contribution >= 0.6 is 23.1 Å². The Hall–Kier alpha value is -3.12. The van der Waals surface area contributed by atoms with Crippen LogP contribution in [-0.2, 0) is 23.9 Å². The molecule has 3 heterocycles. The molecular formula is C26H26N2O8S2. The third-order valence-corrected chi connectivity index (χ3v) is 11.0. The van der Waals surface area contributed by atoms with E-state index in [2.05, 4.69) is 4.98 Å². The van der Waals surface area contributed by atoms with E-state index in [9.17, 15) is 29.1 Å². The molecule has 12 heteroatoms. The molecule has 1 aromatic heterocycles. The van der Waals surface area contributed by atoms with Crippen molar-refractivity contribution in [1.82, 2.24) is 9.88 Å². The molecule has 2 amide bonds. The maximum absolute atomic E-state index is 13.5. The second-order valence-corrected chi connectivity index (χ2v) is 12.4. The Kier molecular flexibility index (Phi) is 6.14. The number of ether oxygens (including phenoxy) is 2. The van der Waals surface area contributed by atoms with Crippen LogP contribution in [-0.4, -0.2) is 63.2 Å². The van der Waals surface area contributed by atoms with Crippen molar-refractivity contribution in [2.45, 2.75) is 42.5 Å². The van der Waals surface area contributed by atoms with Gasteiger partial charge in [-0.1, -0.05) is 23.5 Å². The van der Waals surface area contributed by atoms with Gasteiger partial charge in [-0.25, -0.2) is 9.59 Å². The number of hydrogen-bond acceptors (Lipinski definition) is 9. The van der Waals surface area contributed by atoms with Gasteiger partial charge < -0.3 is 19.6 Å². The summed E-state index contributed by atoms with van der Waals surface area (Å²) in [6.45, 7) is 3.12. The van der Waals surface area contributed by atoms with Gasteiger partial charge >= 0.3 is 16.8 Å². The fourth-order valence-corrected chi connectivity index (χ4v) is 9.94. The summed E-state index contributed by atoms with van der Waals surface area (Å²) in [5.74, 6) is -3.52. The zero-order chi connectivity index (χ0) is 26.9. The molecule has 10 nitrogen and oxygen atoms in total. The number of aromatic amines is 1. The van der Waals surface area contributed by atoms with Gasteiger partial charge in [0, 0.05) is 16.0 Å². The van der Waals surface area contributed by atoms with Gasteiger partial charge in [0.2, 0.25) is 11.8 Å². The highest BCUT2D eigenvalue weighted by molar-refractivity contribution is 8.00. The number of aromatic nitrogens is 1. The number of likely N-dealkylation sites (tertiary alicyclic amines) is 1. The number of fused-ring (bicyclic) bond motifs is 9. The normalized spacial score (nSPS) is 31.5. The van der Waals surface area contributed by atoms with E-state index in [1.807, 2.05) is 18.2 Å². The number of carboxylic acid groups (broad SMARTS) is 1. The van der Waals surface area contributed by atoms with Crippen molar-refractivity contribution < 1.29 is 33.8 Å². The van der Waals surface area contributed by atoms with Gasteiger partial charge in [0.15, 0.2) is 6.61 Å². The Morgan fingerprint density at radius 1 is 1.18 bits per heavy atom. The number of hydrogen-bond donors (Lipinski definition) is 2. The molecular weight excluding hydrogens is 532 g/mol. The largest absolute Gasteiger partial charge is 0.482 e. The standard InChI is InChI=1S/C26H26N2O8S2/c1-3-35-15(29)9-36-12-6-4-5-11(7-12)16-17-13-8-14(20(17)37-22-21(16)38-26(34)27-22)19-18(13)23(30)28(24(19)31)10(2)25(32)33/h4-7,10,13-14,16-20H,3,8-9H2,1-2H3,(H,27,34)(H,32,33)/t10?,13?,14?,16-,17?,18?,19?,20?/m1/s1. The van der Waals surface area contributed by atoms with E-state index in [0.29, 0.717) is 12.2 Å². The number of thiazole rings is 1. The number of aliphatic carboxylic acids is 1. The van der Waals surface area contributed by atoms with Crippen molar-refractivity contribution in [3.05, 3.63) is 44.4 Å². The van der Waals surface area contributed by atoms with Crippen LogP contribution in [0.1, 0.15) is 36.6 Å². The Morgan fingerprint density at radius 2 is 1.92 bits per heavy atom. The maximum atomic E-state index is 13.5. The number of nitrogens with one attached hydrogen (secondary N) is 1. The summed E-state index contributed by atoms with van der Waals surface area (Å²) < 4.78 is 10.6. The van der Waals surface area contributed by atoms with Crippen molar-refractivity contribution in [3.63, 3.8) is 0 Å². The fourth-order valence-electron chi connectivity index (χ4n) is 7.05. The van der Waals surface area contributed by atoms with Gasteiger partial charge in [-0.15, -0.1) is 11.8 Å². The Balaban J connectivity index is 1.37. The van der Waals surface area contributed by atoms with Crippen molar-refractivity contribution in [2.24, 2.45) is 29.6 Å². The number of benzene rings is 1. The maximum Gasteiger partial charge on any atom is 0.344 e. The van der Waals surface area contributed by atoms with Gasteiger partial charge in [-0.2, -0.15) is 0 Å². The lowest BCUT2D eigenvalue weighted by molar-refractivity contribution is -0.154. The van der Waals surface area contributed by atoms with Gasteiger partial charge in [0.1, 0.15) is 11.8 Å². The van der Waals surface area contributed by atoms with Crippen molar-refractivity contribution in [3.8, 4) is 5.75 Å². The minimum atomic E-state index is -1.21. The number of thioether (sulfide) groups is 1. The Labute approximate surface area is 225 Å². The number of carbonyl (C=O) groups excluding carboxylic acids is 3. The SMILES string of the molecule is CCOC(=O)COc1cccc([C@H]2c3sc(=O)[nH]c3SC3C4CC(C5C(=O)N(C(C)C(=O)O)C(=O)C45)C32)c1. The second-order valence-electron chi connectivity index (χ2n) is 10.2. The highest BCUT2D eigenvalue weighted by Crippen LogP contribution is 2.68. The zero-order valence-corrected chi connectivity index (χ0v) is 22.3. The van der Waals surface area contributed by atoms with Crippen LogP contribution in [0.4, 0.5) is 0 Å². The minimum Gasteiger partial charge on any atom is -0.482 e. The molecule has 2 aliphatic heterocycles. The Bertz CT molecular complexity index is 1400. The van der Waals surface area contributed by atoms with Crippen LogP contribution in [0.25, 0.3) is 0 Å². The number of H-pyrrole nitrogens is 1. The highest BCUT2D eigenvalue weighted by Gasteiger charge is 2.70. The molecule has 2 saturated carbocycles. The number of rotatable bonds is 7. The first kappa shape index (κ1) is 25.2. The first-order valence-corrected chi connectivity index (χ1v) is 14.3. The molecule has 1 aromatic carbocycles. The van der Waals surface area contributed by atoms with E-state index in [0.717, 1.165) is 31.7 Å². The van der Waals surface area contributed by atoms with Gasteiger partial charge in [0.25, 0.3) is 0 Å². The molecule has 0 spiro atoms. The lowest BCUT2D eigenvalue weighted by atomic mass is 9.68. The van der Waals surface area contributed by atoms with Crippen LogP contribution in [0.3, 0.4) is 0 Å². The monoisotopic (exact) mass is 558 g/mol. The predicted octanol–water partition coefficient (Wildman–Crippen LogP) is 2.32. The average molecular weight is 559 g/mol. The summed E-state index contributed by atoms with van der Waals surface area (Å²) in [6, 6.07) is 6.18. The molecule has 3 fully saturated rings. The van der Waals surface area contributed by atoms with E-state index < -0.39 is 41.6 Å². The first-order chi connectivity index (χ1) is 18.2. The van der Waals surface area contributed by atoms with Crippen molar-refractivity contribution in [2.75, 3.05) is 13.2 Å². The lowest BCUT2D eigenvalue weighted by Crippen LogP contribution is -2.44. The average Bonchev–Trinajstić information content (AvgIpc) is 3.61. The minimum absolute atomic E-state index is 0.00931. The van der Waals surface area contributed by atoms with E-state index in [-0.39, 0.29) is 47.0 Å². The molecule has 200 valence electrons. The third kappa shape index (κ3) is 3.71. The van der Waals surface area contributed by atoms with Gasteiger partial charge in [-0.05, 0) is 55.7 Å². The van der Waals surface area contributed by atoms with Crippen LogP contribution in [0.5, 0.6) is 5.75 Å². The molecule has 2 bridgehead atoms. The zero-order valence-electron chi connectivity index (χ0n) is 20.6. The van der Waals surface area contributed by atoms with E-state index in [1.54, 1.807) is 24.8 Å². The predicted molar refractivity (Wildman–Crippen MR) is 136 cm³/mol. The summed E-state index contributed by atoms with van der Waals surface area (Å²) in [6.07, 6.45) is 0.708. The summed E-state index contributed by atoms with van der Waals surface area (Å²) in [7, 11) is 0. The number of carbonyl (C=O) groups is 4. The topological polar surface area (TPSA) is 143 Å². The van der Waals surface area contributed by atoms with E-state index in [1.165, 1.54) is 6.92 Å². The summed E-state index contributed by atoms with van der Waals surface area (Å²) in [4.78, 5) is 67.3. The lowest BCUT2D eigenvalue weighted by Gasteiger charge is -2.43. The molecule has 0 radical (unpaired) electrons. The quantitative estimate of drug-likeness (QED) is 0.387. The van der Waals surface area contributed by atoms with Crippen LogP contribution in [0.2, 0.25) is 0 Å². The summed E-state index contributed by atoms with van der Waals surface area (Å²) >= 11 is 2.72. The number of imide groups is 1. The number of amides is 2. The van der Waals surface area contributed by atoms with E-state index in [4.69, 9.17) is 9.47 Å². The third-order valence-electron chi connectivity index (χ3n) is 8.38. The number of nitrogens with zero attached hydrogens (tertiary/aromatic N) is 1. The highest BCUT2D eigenvalue weighted by atomic mass is 32.2. The van der Waals surface area contributed by atoms with Crippen molar-refractivity contribution in [1.29, 1.82) is 0 Å². The van der Waals surface area contributed by atoms with Gasteiger partial charge in [0.05, 0.1) is 23.5 Å². The van der Waals surface area contributed by atoms with Crippen LogP contribution in [0, 0.1) is 29.6 Å². The molecule has 1 saturated heterocycles. The van der Waals surface area contributed by atoms with Crippen LogP contribution < -0.4 is 9.61 Å². The molecule has 8 atom stereocenters. The first-order valence-electron chi connectivity index (χ1n) is 12.6. The molecule has 38 heavy (non-hydrogen) atoms. The molecule has 6 rings (SSSR count). The van der Waals surface area contributed by atoms with Gasteiger partial charge in [-0.3, -0.25) is 19.3 Å². The molecule has 4 aliphatic rings. The Morgan fingerprint density at radius 3 is 2.63 bits per heavy atom. The molecule has 7 unspecified atom stereocenters. The summed E-state index contributed by atoms with van der Waals surface area (Å²) in [5, 5.41) is 10.3. The molecule has 2 aliphatic carbocycles. The smallest absolute Gasteiger partial charge is 0.344 e. The number of carboxylic acids is 1. The number of esters is 1.